The summed E-state index contributed by atoms with van der Waals surface area (Å²) in [7, 11) is 0. The van der Waals surface area contributed by atoms with E-state index >= 15 is 0 Å². The minimum atomic E-state index is -1.66. The molecule has 1 aromatic rings. The molecule has 1 rings (SSSR count). The highest BCUT2D eigenvalue weighted by Gasteiger charge is 2.31. The van der Waals surface area contributed by atoms with Gasteiger partial charge in [-0.3, -0.25) is 28.8 Å². The van der Waals surface area contributed by atoms with Crippen LogP contribution in [0.1, 0.15) is 37.7 Å². The van der Waals surface area contributed by atoms with Crippen molar-refractivity contribution in [1.29, 1.82) is 0 Å². The SMILES string of the molecule is NC(=O)CC(NC(=O)C(N)Cc1ccc(O)cc1)C(=O)NC(CCC(=O)O)C(=O)NC(CCC(=O)O)C(=O)O. The number of nitrogens with one attached hydrogen (secondary N) is 3. The number of amides is 4. The van der Waals surface area contributed by atoms with Crippen LogP contribution < -0.4 is 27.4 Å². The number of carboxylic acids is 3. The average Bonchev–Trinajstić information content (AvgIpc) is 2.84. The van der Waals surface area contributed by atoms with Gasteiger partial charge in [-0.15, -0.1) is 0 Å². The molecule has 11 N–H and O–H groups in total. The van der Waals surface area contributed by atoms with Gasteiger partial charge in [0, 0.05) is 12.8 Å². The normalized spacial score (nSPS) is 13.7. The number of aromatic hydroxyl groups is 1. The topological polar surface area (TPSA) is 289 Å². The summed E-state index contributed by atoms with van der Waals surface area (Å²) >= 11 is 0. The summed E-state index contributed by atoms with van der Waals surface area (Å²) in [5, 5.41) is 42.8. The molecule has 0 bridgehead atoms. The first-order valence-corrected chi connectivity index (χ1v) is 11.6. The number of carboxylic acid groups (broad SMARTS) is 3. The van der Waals surface area contributed by atoms with Gasteiger partial charge in [0.1, 0.15) is 23.9 Å². The van der Waals surface area contributed by atoms with Gasteiger partial charge >= 0.3 is 17.9 Å². The van der Waals surface area contributed by atoms with Gasteiger partial charge < -0.3 is 47.8 Å². The summed E-state index contributed by atoms with van der Waals surface area (Å²) in [5.41, 5.74) is 11.6. The van der Waals surface area contributed by atoms with Crippen molar-refractivity contribution in [1.82, 2.24) is 16.0 Å². The number of aliphatic carboxylic acids is 3. The Labute approximate surface area is 221 Å². The molecule has 1 aromatic carbocycles. The number of phenolic OH excluding ortho intramolecular Hbond substituents is 1. The first-order chi connectivity index (χ1) is 18.2. The summed E-state index contributed by atoms with van der Waals surface area (Å²) in [6.07, 6.45) is -2.94. The van der Waals surface area contributed by atoms with Crippen LogP contribution in [0.5, 0.6) is 5.75 Å². The van der Waals surface area contributed by atoms with Crippen molar-refractivity contribution < 1.29 is 54.0 Å². The average molecular weight is 554 g/mol. The van der Waals surface area contributed by atoms with Gasteiger partial charge in [-0.05, 0) is 37.0 Å². The first-order valence-electron chi connectivity index (χ1n) is 11.6. The van der Waals surface area contributed by atoms with Crippen LogP contribution >= 0.6 is 0 Å². The third kappa shape index (κ3) is 12.4. The second kappa shape index (κ2) is 15.5. The maximum atomic E-state index is 12.9. The van der Waals surface area contributed by atoms with E-state index < -0.39 is 97.8 Å². The van der Waals surface area contributed by atoms with Crippen LogP contribution in [0.2, 0.25) is 0 Å². The number of primary amides is 1. The Morgan fingerprint density at radius 2 is 1.18 bits per heavy atom. The highest BCUT2D eigenvalue weighted by molar-refractivity contribution is 5.96. The predicted molar refractivity (Wildman–Crippen MR) is 131 cm³/mol. The number of phenols is 1. The standard InChI is InChI=1S/C23H31N5O11/c24-13(9-11-1-3-12(29)4-2-11)20(35)28-16(10-17(25)30)22(37)26-14(5-7-18(31)32)21(36)27-15(23(38)39)6-8-19(33)34/h1-4,13-16,29H,5-10,24H2,(H2,25,30)(H,26,37)(H,27,36)(H,28,35)(H,31,32)(H,33,34)(H,38,39). The van der Waals surface area contributed by atoms with Crippen molar-refractivity contribution in [3.05, 3.63) is 29.8 Å². The van der Waals surface area contributed by atoms with E-state index in [4.69, 9.17) is 21.7 Å². The van der Waals surface area contributed by atoms with E-state index in [-0.39, 0.29) is 12.2 Å². The fraction of sp³-hybridized carbons (Fsp3) is 0.435. The highest BCUT2D eigenvalue weighted by atomic mass is 16.4. The maximum Gasteiger partial charge on any atom is 0.326 e. The van der Waals surface area contributed by atoms with Gasteiger partial charge in [0.05, 0.1) is 12.5 Å². The van der Waals surface area contributed by atoms with Crippen molar-refractivity contribution >= 4 is 41.5 Å². The van der Waals surface area contributed by atoms with Gasteiger partial charge in [-0.2, -0.15) is 0 Å². The molecule has 0 fully saturated rings. The zero-order valence-electron chi connectivity index (χ0n) is 20.7. The summed E-state index contributed by atoms with van der Waals surface area (Å²) in [5.74, 6) is -8.34. The fourth-order valence-corrected chi connectivity index (χ4v) is 3.27. The molecule has 4 unspecified atom stereocenters. The molecule has 39 heavy (non-hydrogen) atoms. The van der Waals surface area contributed by atoms with Gasteiger partial charge in [-0.1, -0.05) is 12.1 Å². The minimum absolute atomic E-state index is 0.00636. The number of carbonyl (C=O) groups excluding carboxylic acids is 4. The Kier molecular flexibility index (Phi) is 12.8. The number of nitrogens with two attached hydrogens (primary N) is 2. The zero-order valence-corrected chi connectivity index (χ0v) is 20.7. The molecule has 16 nitrogen and oxygen atoms in total. The van der Waals surface area contributed by atoms with E-state index in [1.54, 1.807) is 0 Å². The van der Waals surface area contributed by atoms with Gasteiger partial charge in [0.2, 0.25) is 23.6 Å². The number of hydrogen-bond acceptors (Lipinski definition) is 9. The monoisotopic (exact) mass is 553 g/mol. The summed E-state index contributed by atoms with van der Waals surface area (Å²) in [6.45, 7) is 0. The van der Waals surface area contributed by atoms with Crippen molar-refractivity contribution in [3.63, 3.8) is 0 Å². The molecule has 4 amide bonds. The van der Waals surface area contributed by atoms with Crippen LogP contribution in [0, 0.1) is 0 Å². The maximum absolute atomic E-state index is 12.9. The van der Waals surface area contributed by atoms with E-state index in [9.17, 15) is 43.8 Å². The van der Waals surface area contributed by atoms with Crippen LogP contribution in [0.15, 0.2) is 24.3 Å². The summed E-state index contributed by atoms with van der Waals surface area (Å²) in [4.78, 5) is 83.0. The zero-order chi connectivity index (χ0) is 29.7. The Morgan fingerprint density at radius 1 is 0.718 bits per heavy atom. The second-order valence-corrected chi connectivity index (χ2v) is 8.53. The lowest BCUT2D eigenvalue weighted by atomic mass is 10.0. The van der Waals surface area contributed by atoms with E-state index in [2.05, 4.69) is 10.6 Å². The van der Waals surface area contributed by atoms with Crippen molar-refractivity contribution in [2.45, 2.75) is 62.7 Å². The van der Waals surface area contributed by atoms with Crippen LogP contribution in [0.4, 0.5) is 0 Å². The van der Waals surface area contributed by atoms with Crippen molar-refractivity contribution in [2.75, 3.05) is 0 Å². The molecule has 0 heterocycles. The number of hydrogen-bond donors (Lipinski definition) is 9. The van der Waals surface area contributed by atoms with Crippen LogP contribution in [0.25, 0.3) is 0 Å². The smallest absolute Gasteiger partial charge is 0.326 e. The van der Waals surface area contributed by atoms with Crippen LogP contribution in [0.3, 0.4) is 0 Å². The quantitative estimate of drug-likeness (QED) is 0.0960. The lowest BCUT2D eigenvalue weighted by Crippen LogP contribution is -2.58. The molecule has 214 valence electrons. The first kappa shape index (κ1) is 32.3. The van der Waals surface area contributed by atoms with E-state index in [0.717, 1.165) is 0 Å². The van der Waals surface area contributed by atoms with E-state index in [1.165, 1.54) is 24.3 Å². The highest BCUT2D eigenvalue weighted by Crippen LogP contribution is 2.11. The summed E-state index contributed by atoms with van der Waals surface area (Å²) < 4.78 is 0. The molecule has 0 aliphatic carbocycles. The van der Waals surface area contributed by atoms with Gasteiger partial charge in [-0.25, -0.2) is 4.79 Å². The Balaban J connectivity index is 3.01. The fourth-order valence-electron chi connectivity index (χ4n) is 3.27. The molecular formula is C23H31N5O11. The number of rotatable bonds is 17. The minimum Gasteiger partial charge on any atom is -0.508 e. The van der Waals surface area contributed by atoms with Gasteiger partial charge in [0.15, 0.2) is 0 Å². The predicted octanol–water partition coefficient (Wildman–Crippen LogP) is -2.59. The van der Waals surface area contributed by atoms with E-state index in [0.29, 0.717) is 5.56 Å². The van der Waals surface area contributed by atoms with Crippen molar-refractivity contribution in [2.24, 2.45) is 11.5 Å². The lowest BCUT2D eigenvalue weighted by Gasteiger charge is -2.24. The molecule has 4 atom stereocenters. The molecule has 0 spiro atoms. The Hall–Kier alpha value is -4.73. The largest absolute Gasteiger partial charge is 0.508 e. The molecule has 0 radical (unpaired) electrons. The molecule has 16 heteroatoms. The third-order valence-electron chi connectivity index (χ3n) is 5.31. The molecule has 0 saturated heterocycles. The van der Waals surface area contributed by atoms with Crippen LogP contribution in [-0.4, -0.2) is 86.1 Å². The number of carbonyl (C=O) groups is 7. The van der Waals surface area contributed by atoms with E-state index in [1.807, 2.05) is 5.32 Å². The summed E-state index contributed by atoms with van der Waals surface area (Å²) in [6, 6.07) is -0.317. The molecular weight excluding hydrogens is 522 g/mol. The molecule has 0 saturated carbocycles. The van der Waals surface area contributed by atoms with Gasteiger partial charge in [0.25, 0.3) is 0 Å². The molecule has 0 aromatic heterocycles. The Bertz CT molecular complexity index is 1080. The second-order valence-electron chi connectivity index (χ2n) is 8.53. The molecule has 0 aliphatic heterocycles. The van der Waals surface area contributed by atoms with Crippen molar-refractivity contribution in [3.8, 4) is 5.75 Å². The Morgan fingerprint density at radius 3 is 1.67 bits per heavy atom. The lowest BCUT2D eigenvalue weighted by molar-refractivity contribution is -0.144. The number of benzene rings is 1. The van der Waals surface area contributed by atoms with Crippen LogP contribution in [-0.2, 0) is 40.0 Å². The molecule has 0 aliphatic rings. The third-order valence-corrected chi connectivity index (χ3v) is 5.31.